The fourth-order valence-corrected chi connectivity index (χ4v) is 5.45. The Morgan fingerprint density at radius 3 is 1.60 bits per heavy atom. The maximum absolute atomic E-state index is 8.50. The summed E-state index contributed by atoms with van der Waals surface area (Å²) in [5.74, 6) is 0.707. The van der Waals surface area contributed by atoms with E-state index in [-0.39, 0.29) is 0 Å². The van der Waals surface area contributed by atoms with Crippen LogP contribution in [-0.4, -0.2) is 23.7 Å². The minimum Gasteiger partial charge on any atom is -0.252 e. The van der Waals surface area contributed by atoms with Crippen LogP contribution in [0, 0.1) is 5.92 Å². The lowest BCUT2D eigenvalue weighted by Gasteiger charge is -2.21. The normalized spacial score (nSPS) is 13.2. The number of rotatable bonds is 32. The van der Waals surface area contributed by atoms with E-state index in [1.165, 1.54) is 128 Å². The van der Waals surface area contributed by atoms with Crippen LogP contribution < -0.4 is 0 Å². The highest BCUT2D eigenvalue weighted by atomic mass is 17.1. The van der Waals surface area contributed by atoms with Crippen molar-refractivity contribution >= 4 is 0 Å². The molecule has 0 radical (unpaired) electrons. The van der Waals surface area contributed by atoms with E-state index in [0.717, 1.165) is 32.1 Å². The molecule has 0 saturated heterocycles. The molecular weight excluding hydrogens is 496 g/mol. The van der Waals surface area contributed by atoms with Gasteiger partial charge in [0.1, 0.15) is 0 Å². The van der Waals surface area contributed by atoms with Crippen molar-refractivity contribution < 1.29 is 20.3 Å². The molecule has 0 fully saturated rings. The van der Waals surface area contributed by atoms with E-state index < -0.39 is 0 Å². The molecule has 0 aliphatic heterocycles. The van der Waals surface area contributed by atoms with Crippen molar-refractivity contribution in [3.63, 3.8) is 0 Å². The lowest BCUT2D eigenvalue weighted by molar-refractivity contribution is -0.242. The molecule has 0 aliphatic rings. The van der Waals surface area contributed by atoms with Gasteiger partial charge in [-0.1, -0.05) is 133 Å². The lowest BCUT2D eigenvalue weighted by atomic mass is 9.85. The molecule has 0 aromatic rings. The highest BCUT2D eigenvalue weighted by molar-refractivity contribution is 5.10. The van der Waals surface area contributed by atoms with Gasteiger partial charge in [-0.05, 0) is 83.0 Å². The van der Waals surface area contributed by atoms with E-state index in [4.69, 9.17) is 10.5 Å². The van der Waals surface area contributed by atoms with Gasteiger partial charge < -0.3 is 0 Å². The third kappa shape index (κ3) is 28.6. The van der Waals surface area contributed by atoms with Crippen molar-refractivity contribution in [2.45, 2.75) is 174 Å². The van der Waals surface area contributed by atoms with Crippen LogP contribution in [0.4, 0.5) is 0 Å². The van der Waals surface area contributed by atoms with E-state index in [0.29, 0.717) is 19.1 Å². The molecule has 1 atom stereocenters. The predicted octanol–water partition coefficient (Wildman–Crippen LogP) is 12.4. The molecule has 0 aromatic heterocycles. The summed E-state index contributed by atoms with van der Waals surface area (Å²) in [5.41, 5.74) is 1.71. The first-order valence-electron chi connectivity index (χ1n) is 17.3. The fourth-order valence-electron chi connectivity index (χ4n) is 5.45. The fraction of sp³-hybridized carbons (Fsp3) is 0.833. The van der Waals surface area contributed by atoms with Crippen LogP contribution in [0.5, 0.6) is 0 Å². The van der Waals surface area contributed by atoms with Crippen LogP contribution in [0.1, 0.15) is 174 Å². The Hall–Kier alpha value is -0.940. The summed E-state index contributed by atoms with van der Waals surface area (Å²) >= 11 is 0. The molecule has 0 saturated carbocycles. The zero-order chi connectivity index (χ0) is 29.2. The molecule has 0 bridgehead atoms. The summed E-state index contributed by atoms with van der Waals surface area (Å²) in [6, 6.07) is 0. The smallest absolute Gasteiger partial charge is 0.0819 e. The maximum Gasteiger partial charge on any atom is 0.0819 e. The molecule has 4 nitrogen and oxygen atoms in total. The molecule has 0 amide bonds. The molecular formula is C36H68O4. The van der Waals surface area contributed by atoms with Crippen molar-refractivity contribution in [2.75, 3.05) is 13.2 Å². The van der Waals surface area contributed by atoms with Crippen LogP contribution >= 0.6 is 0 Å². The second-order valence-corrected chi connectivity index (χ2v) is 11.7. The summed E-state index contributed by atoms with van der Waals surface area (Å²) in [4.78, 5) is 8.41. The van der Waals surface area contributed by atoms with Crippen molar-refractivity contribution in [1.29, 1.82) is 0 Å². The summed E-state index contributed by atoms with van der Waals surface area (Å²) in [6.45, 7) is 5.48. The molecule has 0 heterocycles. The molecule has 2 N–H and O–H groups in total. The van der Waals surface area contributed by atoms with Crippen molar-refractivity contribution in [3.05, 3.63) is 36.0 Å². The van der Waals surface area contributed by atoms with Gasteiger partial charge in [0.2, 0.25) is 0 Å². The second-order valence-electron chi connectivity index (χ2n) is 11.7. The van der Waals surface area contributed by atoms with Gasteiger partial charge in [-0.25, -0.2) is 9.78 Å². The first kappa shape index (κ1) is 39.1. The summed E-state index contributed by atoms with van der Waals surface area (Å²) in [5, 5.41) is 17.0. The van der Waals surface area contributed by atoms with Gasteiger partial charge in [-0.2, -0.15) is 0 Å². The number of unbranched alkanes of at least 4 members (excludes halogenated alkanes) is 16. The summed E-state index contributed by atoms with van der Waals surface area (Å²) < 4.78 is 0. The van der Waals surface area contributed by atoms with Crippen molar-refractivity contribution in [3.8, 4) is 0 Å². The monoisotopic (exact) mass is 565 g/mol. The van der Waals surface area contributed by atoms with E-state index >= 15 is 0 Å². The van der Waals surface area contributed by atoms with Crippen molar-refractivity contribution in [2.24, 2.45) is 5.92 Å². The van der Waals surface area contributed by atoms with E-state index in [9.17, 15) is 0 Å². The SMILES string of the molecule is CCCCC/C=C/C/C=C(/CCCCCCCCOO)C(CC/C=C/CCCCC)CCCCCCCCOO. The third-order valence-electron chi connectivity index (χ3n) is 7.99. The Morgan fingerprint density at radius 1 is 0.525 bits per heavy atom. The quantitative estimate of drug-likeness (QED) is 0.0369. The van der Waals surface area contributed by atoms with Crippen LogP contribution in [-0.2, 0) is 9.78 Å². The highest BCUT2D eigenvalue weighted by Crippen LogP contribution is 2.29. The summed E-state index contributed by atoms with van der Waals surface area (Å²) in [7, 11) is 0. The Bertz CT molecular complexity index is 569. The number of hydrogen-bond acceptors (Lipinski definition) is 4. The largest absolute Gasteiger partial charge is 0.252 e. The number of allylic oxidation sites excluding steroid dienone is 6. The second kappa shape index (κ2) is 34.3. The van der Waals surface area contributed by atoms with Gasteiger partial charge in [0.25, 0.3) is 0 Å². The third-order valence-corrected chi connectivity index (χ3v) is 7.99. The van der Waals surface area contributed by atoms with Gasteiger partial charge in [0.15, 0.2) is 0 Å². The van der Waals surface area contributed by atoms with E-state index in [1.807, 2.05) is 0 Å². The number of hydrogen-bond donors (Lipinski definition) is 2. The van der Waals surface area contributed by atoms with Gasteiger partial charge in [-0.3, -0.25) is 10.5 Å². The van der Waals surface area contributed by atoms with Gasteiger partial charge in [-0.15, -0.1) is 0 Å². The minimum absolute atomic E-state index is 0.463. The van der Waals surface area contributed by atoms with Gasteiger partial charge >= 0.3 is 0 Å². The average molecular weight is 565 g/mol. The first-order valence-corrected chi connectivity index (χ1v) is 17.3. The summed E-state index contributed by atoms with van der Waals surface area (Å²) in [6.07, 6.45) is 43.2. The van der Waals surface area contributed by atoms with Crippen LogP contribution in [0.3, 0.4) is 0 Å². The van der Waals surface area contributed by atoms with Crippen LogP contribution in [0.15, 0.2) is 36.0 Å². The van der Waals surface area contributed by atoms with E-state index in [1.54, 1.807) is 5.57 Å². The molecule has 0 rings (SSSR count). The first-order chi connectivity index (χ1) is 19.8. The predicted molar refractivity (Wildman–Crippen MR) is 174 cm³/mol. The minimum atomic E-state index is 0.463. The zero-order valence-corrected chi connectivity index (χ0v) is 26.8. The van der Waals surface area contributed by atoms with Crippen LogP contribution in [0.2, 0.25) is 0 Å². The Kier molecular flexibility index (Phi) is 33.5. The van der Waals surface area contributed by atoms with Crippen LogP contribution in [0.25, 0.3) is 0 Å². The van der Waals surface area contributed by atoms with Gasteiger partial charge in [0.05, 0.1) is 13.2 Å². The Labute approximate surface area is 249 Å². The zero-order valence-electron chi connectivity index (χ0n) is 26.8. The molecule has 236 valence electrons. The molecule has 0 aromatic carbocycles. The highest BCUT2D eigenvalue weighted by Gasteiger charge is 2.13. The Balaban J connectivity index is 4.98. The van der Waals surface area contributed by atoms with Gasteiger partial charge in [0, 0.05) is 0 Å². The molecule has 4 heteroatoms. The lowest BCUT2D eigenvalue weighted by Crippen LogP contribution is -2.06. The molecule has 40 heavy (non-hydrogen) atoms. The topological polar surface area (TPSA) is 58.9 Å². The average Bonchev–Trinajstić information content (AvgIpc) is 2.96. The maximum atomic E-state index is 8.50. The molecule has 1 unspecified atom stereocenters. The van der Waals surface area contributed by atoms with E-state index in [2.05, 4.69) is 54.0 Å². The molecule has 0 spiro atoms. The standard InChI is InChI=1S/C36H68O4/c1-3-5-7-9-11-17-23-29-35(31-25-19-13-15-21-27-33-39-37)36(30-24-18-12-10-8-6-4-2)32-26-20-14-16-22-28-34-40-38/h11-12,17-18,29,36-38H,3-10,13-16,19-28,30-34H2,1-2H3/b17-11+,18-12+,35-29-. The van der Waals surface area contributed by atoms with Crippen molar-refractivity contribution in [1.82, 2.24) is 0 Å². The Morgan fingerprint density at radius 2 is 1.02 bits per heavy atom. The molecule has 0 aliphatic carbocycles.